The number of rotatable bonds is 3. The van der Waals surface area contributed by atoms with Crippen molar-refractivity contribution in [3.8, 4) is 5.75 Å². The van der Waals surface area contributed by atoms with Gasteiger partial charge in [0.15, 0.2) is 5.76 Å². The molecule has 216 valence electrons. The van der Waals surface area contributed by atoms with Crippen molar-refractivity contribution in [3.63, 3.8) is 0 Å². The highest BCUT2D eigenvalue weighted by Crippen LogP contribution is 2.30. The molecular formula is C28H37N4O8+. The predicted molar refractivity (Wildman–Crippen MR) is 142 cm³/mol. The molecule has 1 spiro atoms. The predicted octanol–water partition coefficient (Wildman–Crippen LogP) is 2.62. The maximum Gasteiger partial charge on any atom is 0.412 e. The summed E-state index contributed by atoms with van der Waals surface area (Å²) in [6.45, 7) is 6.24. The third-order valence-corrected chi connectivity index (χ3v) is 8.14. The van der Waals surface area contributed by atoms with Gasteiger partial charge in [-0.25, -0.2) is 9.80 Å². The zero-order valence-electron chi connectivity index (χ0n) is 23.0. The van der Waals surface area contributed by atoms with Crippen molar-refractivity contribution in [2.75, 3.05) is 46.0 Å². The Kier molecular flexibility index (Phi) is 7.99. The maximum atomic E-state index is 14.5. The number of quaternary nitrogens is 1. The molecule has 2 saturated heterocycles. The summed E-state index contributed by atoms with van der Waals surface area (Å²) in [5, 5.41) is 12.0. The Labute approximate surface area is 232 Å². The molecule has 5 rings (SSSR count). The first-order chi connectivity index (χ1) is 19.2. The third kappa shape index (κ3) is 5.50. The molecule has 40 heavy (non-hydrogen) atoms. The smallest absolute Gasteiger partial charge is 0.412 e. The van der Waals surface area contributed by atoms with E-state index in [9.17, 15) is 24.3 Å². The standard InChI is InChI=1S/C28H36N4O8/c1-18(2)5-8-24(33)31-21-4-3-9-30(28(36)37)27(25(21)34)32(10-13-38-14-11-32)12-15-39-20-6-7-22-19(16-20)17-23(40-22)26(35)29-31/h6-7,16-18,21,27H,3-5,8-15H2,1-2H3,(H-,29,35,36,37)/p+1/t21?,27-/m0/s1. The normalized spacial score (nSPS) is 23.6. The van der Waals surface area contributed by atoms with E-state index in [2.05, 4.69) is 5.43 Å². The second-order valence-corrected chi connectivity index (χ2v) is 11.2. The van der Waals surface area contributed by atoms with Crippen molar-refractivity contribution in [2.24, 2.45) is 5.92 Å². The molecule has 0 aliphatic carbocycles. The molecule has 2 fully saturated rings. The van der Waals surface area contributed by atoms with E-state index in [0.29, 0.717) is 62.4 Å². The van der Waals surface area contributed by atoms with Gasteiger partial charge in [-0.1, -0.05) is 13.8 Å². The molecule has 1 aromatic carbocycles. The summed E-state index contributed by atoms with van der Waals surface area (Å²) in [6.07, 6.45) is -1.03. The van der Waals surface area contributed by atoms with Gasteiger partial charge < -0.3 is 19.0 Å². The summed E-state index contributed by atoms with van der Waals surface area (Å²) in [5.74, 6) is -0.696. The summed E-state index contributed by atoms with van der Waals surface area (Å²) in [5.41, 5.74) is 3.16. The fourth-order valence-corrected chi connectivity index (χ4v) is 5.94. The van der Waals surface area contributed by atoms with Gasteiger partial charge in [0.05, 0.1) is 13.2 Å². The lowest BCUT2D eigenvalue weighted by Gasteiger charge is -2.49. The number of carbonyl (C=O) groups excluding carboxylic acids is 3. The van der Waals surface area contributed by atoms with Crippen molar-refractivity contribution in [1.29, 1.82) is 0 Å². The summed E-state index contributed by atoms with van der Waals surface area (Å²) in [6, 6.07) is 5.75. The van der Waals surface area contributed by atoms with E-state index in [1.807, 2.05) is 13.8 Å². The average Bonchev–Trinajstić information content (AvgIpc) is 3.27. The van der Waals surface area contributed by atoms with Crippen LogP contribution in [0.3, 0.4) is 0 Å². The van der Waals surface area contributed by atoms with Gasteiger partial charge in [0.25, 0.3) is 0 Å². The average molecular weight is 558 g/mol. The first-order valence-corrected chi connectivity index (χ1v) is 13.9. The number of ether oxygens (including phenoxy) is 2. The topological polar surface area (TPSA) is 139 Å². The number of carbonyl (C=O) groups is 4. The lowest BCUT2D eigenvalue weighted by Crippen LogP contribution is -2.72. The molecular weight excluding hydrogens is 520 g/mol. The van der Waals surface area contributed by atoms with Gasteiger partial charge in [-0.3, -0.25) is 29.2 Å². The van der Waals surface area contributed by atoms with Crippen LogP contribution in [0.2, 0.25) is 0 Å². The zero-order chi connectivity index (χ0) is 28.4. The van der Waals surface area contributed by atoms with Gasteiger partial charge in [0, 0.05) is 18.4 Å². The number of amides is 3. The largest absolute Gasteiger partial charge is 0.488 e. The molecule has 1 aromatic heterocycles. The van der Waals surface area contributed by atoms with Crippen molar-refractivity contribution in [2.45, 2.75) is 51.7 Å². The van der Waals surface area contributed by atoms with Crippen LogP contribution in [0.15, 0.2) is 28.7 Å². The van der Waals surface area contributed by atoms with Gasteiger partial charge >= 0.3 is 12.0 Å². The fraction of sp³-hybridized carbons (Fsp3) is 0.571. The lowest BCUT2D eigenvalue weighted by molar-refractivity contribution is -0.957. The number of morpholine rings is 1. The van der Waals surface area contributed by atoms with E-state index in [0.717, 1.165) is 5.01 Å². The lowest BCUT2D eigenvalue weighted by atomic mass is 10.0. The minimum atomic E-state index is -1.20. The molecule has 0 saturated carbocycles. The van der Waals surface area contributed by atoms with Crippen LogP contribution in [-0.4, -0.2) is 101 Å². The molecule has 12 nitrogen and oxygen atoms in total. The monoisotopic (exact) mass is 557 g/mol. The molecule has 1 unspecified atom stereocenters. The van der Waals surface area contributed by atoms with E-state index in [-0.39, 0.29) is 42.2 Å². The Balaban J connectivity index is 1.62. The Morgan fingerprint density at radius 1 is 1.12 bits per heavy atom. The number of fused-ring (bicyclic) bond motifs is 5. The molecule has 3 aliphatic rings. The number of ketones is 1. The van der Waals surface area contributed by atoms with E-state index in [1.165, 1.54) is 4.90 Å². The van der Waals surface area contributed by atoms with Crippen LogP contribution < -0.4 is 10.2 Å². The number of nitrogens with zero attached hydrogens (tertiary/aromatic N) is 3. The summed E-state index contributed by atoms with van der Waals surface area (Å²) in [7, 11) is 0. The van der Waals surface area contributed by atoms with Crippen LogP contribution >= 0.6 is 0 Å². The van der Waals surface area contributed by atoms with Crippen LogP contribution in [0.25, 0.3) is 11.0 Å². The van der Waals surface area contributed by atoms with E-state index in [4.69, 9.17) is 13.9 Å². The third-order valence-electron chi connectivity index (χ3n) is 8.14. The number of likely N-dealkylation sites (tertiary alicyclic amines) is 1. The van der Waals surface area contributed by atoms with Crippen LogP contribution in [0.1, 0.15) is 50.1 Å². The summed E-state index contributed by atoms with van der Waals surface area (Å²) >= 11 is 0. The molecule has 5 bridgehead atoms. The SMILES string of the molecule is CC(C)CCC(=O)N1NC(=O)c2cc3cc(ccc3o2)OCC[N+]2(CCOCC2)[C@H]2C(=O)C1CCCN2C(=O)O. The summed E-state index contributed by atoms with van der Waals surface area (Å²) in [4.78, 5) is 55.3. The maximum absolute atomic E-state index is 14.5. The Hall–Kier alpha value is -3.64. The Morgan fingerprint density at radius 2 is 1.88 bits per heavy atom. The van der Waals surface area contributed by atoms with Gasteiger partial charge in [0.2, 0.25) is 17.9 Å². The van der Waals surface area contributed by atoms with Crippen LogP contribution in [0, 0.1) is 5.92 Å². The highest BCUT2D eigenvalue weighted by molar-refractivity contribution is 5.99. The fourth-order valence-electron chi connectivity index (χ4n) is 5.94. The first kappa shape index (κ1) is 27.9. The van der Waals surface area contributed by atoms with E-state index < -0.39 is 35.9 Å². The highest BCUT2D eigenvalue weighted by atomic mass is 16.5. The molecule has 3 aliphatic heterocycles. The molecule has 3 amide bonds. The molecule has 2 atom stereocenters. The van der Waals surface area contributed by atoms with Gasteiger partial charge in [-0.15, -0.1) is 0 Å². The molecule has 2 N–H and O–H groups in total. The van der Waals surface area contributed by atoms with Crippen LogP contribution in [-0.2, 0) is 14.3 Å². The number of hydrogen-bond acceptors (Lipinski definition) is 7. The number of benzene rings is 1. The Morgan fingerprint density at radius 3 is 2.60 bits per heavy atom. The van der Waals surface area contributed by atoms with Crippen LogP contribution in [0.5, 0.6) is 5.75 Å². The zero-order valence-corrected chi connectivity index (χ0v) is 23.0. The molecule has 12 heteroatoms. The first-order valence-electron chi connectivity index (χ1n) is 13.9. The minimum Gasteiger partial charge on any atom is -0.488 e. The number of Topliss-reactive ketones (excluding diaryl/α,β-unsaturated/α-hetero) is 1. The van der Waals surface area contributed by atoms with Crippen LogP contribution in [0.4, 0.5) is 4.79 Å². The van der Waals surface area contributed by atoms with E-state index in [1.54, 1.807) is 24.3 Å². The second-order valence-electron chi connectivity index (χ2n) is 11.2. The van der Waals surface area contributed by atoms with Crippen molar-refractivity contribution in [1.82, 2.24) is 15.3 Å². The highest BCUT2D eigenvalue weighted by Gasteiger charge is 2.53. The van der Waals surface area contributed by atoms with Crippen molar-refractivity contribution in [3.05, 3.63) is 30.0 Å². The number of hydrogen-bond donors (Lipinski definition) is 2. The molecule has 2 aromatic rings. The number of carboxylic acid groups (broad SMARTS) is 1. The number of nitrogens with one attached hydrogen (secondary N) is 1. The second kappa shape index (κ2) is 11.5. The minimum absolute atomic E-state index is 0.00912. The Bertz CT molecular complexity index is 1280. The van der Waals surface area contributed by atoms with Gasteiger partial charge in [-0.05, 0) is 49.4 Å². The number of hydrazine groups is 1. The molecule has 4 heterocycles. The molecule has 0 radical (unpaired) electrons. The van der Waals surface area contributed by atoms with E-state index >= 15 is 0 Å². The van der Waals surface area contributed by atoms with Gasteiger partial charge in [0.1, 0.15) is 43.6 Å². The number of furan rings is 1. The van der Waals surface area contributed by atoms with Crippen molar-refractivity contribution < 1.29 is 42.7 Å². The van der Waals surface area contributed by atoms with Crippen molar-refractivity contribution >= 4 is 34.7 Å². The summed E-state index contributed by atoms with van der Waals surface area (Å²) < 4.78 is 17.6. The van der Waals surface area contributed by atoms with Gasteiger partial charge in [-0.2, -0.15) is 0 Å². The quantitative estimate of drug-likeness (QED) is 0.550.